The zero-order valence-electron chi connectivity index (χ0n) is 12.8. The number of benzene rings is 1. The summed E-state index contributed by atoms with van der Waals surface area (Å²) in [6, 6.07) is 6.89. The third-order valence-electron chi connectivity index (χ3n) is 4.74. The van der Waals surface area contributed by atoms with E-state index < -0.39 is 0 Å². The van der Waals surface area contributed by atoms with Gasteiger partial charge in [-0.1, -0.05) is 0 Å². The van der Waals surface area contributed by atoms with Crippen molar-refractivity contribution in [1.29, 1.82) is 0 Å². The molecular formula is C17H19N3O2S. The molecule has 2 aliphatic heterocycles. The van der Waals surface area contributed by atoms with E-state index in [2.05, 4.69) is 10.3 Å². The van der Waals surface area contributed by atoms with E-state index in [9.17, 15) is 9.90 Å². The van der Waals surface area contributed by atoms with Crippen LogP contribution >= 0.6 is 11.3 Å². The minimum atomic E-state index is 0.0301. The first-order valence-corrected chi connectivity index (χ1v) is 8.78. The topological polar surface area (TPSA) is 65.5 Å². The number of thiazole rings is 1. The smallest absolute Gasteiger partial charge is 0.273 e. The van der Waals surface area contributed by atoms with Crippen LogP contribution in [0.3, 0.4) is 0 Å². The van der Waals surface area contributed by atoms with Crippen LogP contribution in [0.1, 0.15) is 23.3 Å². The molecule has 4 rings (SSSR count). The van der Waals surface area contributed by atoms with E-state index in [1.807, 2.05) is 22.4 Å². The predicted molar refractivity (Wildman–Crippen MR) is 89.7 cm³/mol. The molecule has 2 N–H and O–H groups in total. The van der Waals surface area contributed by atoms with Crippen molar-refractivity contribution >= 4 is 17.2 Å². The highest BCUT2D eigenvalue weighted by Gasteiger charge is 2.45. The number of aromatic nitrogens is 1. The molecule has 2 saturated heterocycles. The molecule has 2 aliphatic rings. The van der Waals surface area contributed by atoms with E-state index in [1.165, 1.54) is 24.2 Å². The minimum absolute atomic E-state index is 0.0301. The van der Waals surface area contributed by atoms with Gasteiger partial charge in [0.1, 0.15) is 16.5 Å². The van der Waals surface area contributed by atoms with Crippen LogP contribution in [0.2, 0.25) is 0 Å². The Bertz CT molecular complexity index is 712. The van der Waals surface area contributed by atoms with E-state index in [4.69, 9.17) is 0 Å². The van der Waals surface area contributed by atoms with Crippen molar-refractivity contribution in [1.82, 2.24) is 15.2 Å². The monoisotopic (exact) mass is 329 g/mol. The van der Waals surface area contributed by atoms with Gasteiger partial charge in [-0.05, 0) is 43.7 Å². The van der Waals surface area contributed by atoms with Crippen LogP contribution in [-0.4, -0.2) is 47.1 Å². The zero-order valence-corrected chi connectivity index (χ0v) is 13.6. The number of amides is 1. The molecule has 0 unspecified atom stereocenters. The molecule has 1 spiro atoms. The van der Waals surface area contributed by atoms with Gasteiger partial charge in [0, 0.05) is 36.0 Å². The van der Waals surface area contributed by atoms with Gasteiger partial charge in [0.2, 0.25) is 0 Å². The lowest BCUT2D eigenvalue weighted by atomic mass is 9.74. The maximum absolute atomic E-state index is 12.6. The van der Waals surface area contributed by atoms with Crippen LogP contribution in [0.25, 0.3) is 10.6 Å². The number of phenolic OH excluding ortho intramolecular Hbond substituents is 1. The first-order chi connectivity index (χ1) is 11.2. The fraction of sp³-hybridized carbons (Fsp3) is 0.412. The molecule has 0 radical (unpaired) electrons. The minimum Gasteiger partial charge on any atom is -0.508 e. The van der Waals surface area contributed by atoms with Crippen molar-refractivity contribution < 1.29 is 9.90 Å². The Hall–Kier alpha value is -1.92. The average Bonchev–Trinajstić information content (AvgIpc) is 3.03. The van der Waals surface area contributed by atoms with Gasteiger partial charge in [0.15, 0.2) is 0 Å². The largest absolute Gasteiger partial charge is 0.508 e. The van der Waals surface area contributed by atoms with E-state index >= 15 is 0 Å². The van der Waals surface area contributed by atoms with E-state index in [0.29, 0.717) is 11.1 Å². The molecule has 2 aromatic rings. The van der Waals surface area contributed by atoms with E-state index in [-0.39, 0.29) is 11.7 Å². The number of rotatable bonds is 2. The Morgan fingerprint density at radius 3 is 2.78 bits per heavy atom. The summed E-state index contributed by atoms with van der Waals surface area (Å²) in [5, 5.41) is 15.4. The van der Waals surface area contributed by atoms with Gasteiger partial charge in [0.25, 0.3) is 5.91 Å². The predicted octanol–water partition coefficient (Wildman–Crippen LogP) is 2.34. The second-order valence-electron chi connectivity index (χ2n) is 6.53. The number of likely N-dealkylation sites (tertiary alicyclic amines) is 1. The van der Waals surface area contributed by atoms with Gasteiger partial charge in [-0.2, -0.15) is 0 Å². The summed E-state index contributed by atoms with van der Waals surface area (Å²) < 4.78 is 0. The van der Waals surface area contributed by atoms with Crippen LogP contribution in [0.5, 0.6) is 5.75 Å². The molecule has 5 nitrogen and oxygen atoms in total. The fourth-order valence-electron chi connectivity index (χ4n) is 3.48. The molecule has 0 atom stereocenters. The van der Waals surface area contributed by atoms with E-state index in [1.54, 1.807) is 12.1 Å². The first-order valence-electron chi connectivity index (χ1n) is 7.90. The molecule has 1 aromatic carbocycles. The normalized spacial score (nSPS) is 19.6. The standard InChI is InChI=1S/C17H19N3O2S/c21-13-4-2-12(3-5-13)15-19-14(8-23-15)16(22)20-10-17(11-20)6-1-7-18-9-17/h2-5,8,18,21H,1,6-7,9-11H2. The number of piperidine rings is 1. The molecule has 6 heteroatoms. The molecule has 0 bridgehead atoms. The number of nitrogens with zero attached hydrogens (tertiary/aromatic N) is 2. The zero-order chi connectivity index (χ0) is 15.9. The number of hydrogen-bond donors (Lipinski definition) is 2. The molecule has 2 fully saturated rings. The van der Waals surface area contributed by atoms with Crippen molar-refractivity contribution in [2.75, 3.05) is 26.2 Å². The Balaban J connectivity index is 1.45. The molecule has 3 heterocycles. The van der Waals surface area contributed by atoms with Crippen molar-refractivity contribution in [2.45, 2.75) is 12.8 Å². The third kappa shape index (κ3) is 2.72. The number of aromatic hydroxyl groups is 1. The van der Waals surface area contributed by atoms with Gasteiger partial charge in [0.05, 0.1) is 0 Å². The lowest BCUT2D eigenvalue weighted by Gasteiger charge is -2.52. The number of carbonyl (C=O) groups excluding carboxylic acids is 1. The quantitative estimate of drug-likeness (QED) is 0.887. The van der Waals surface area contributed by atoms with Crippen LogP contribution in [-0.2, 0) is 0 Å². The van der Waals surface area contributed by atoms with Gasteiger partial charge in [-0.15, -0.1) is 11.3 Å². The van der Waals surface area contributed by atoms with Gasteiger partial charge in [-0.3, -0.25) is 4.79 Å². The second-order valence-corrected chi connectivity index (χ2v) is 7.38. The van der Waals surface area contributed by atoms with Crippen LogP contribution in [0, 0.1) is 5.41 Å². The van der Waals surface area contributed by atoms with Gasteiger partial charge >= 0.3 is 0 Å². The SMILES string of the molecule is O=C(c1csc(-c2ccc(O)cc2)n1)N1CC2(CCCNC2)C1. The summed E-state index contributed by atoms with van der Waals surface area (Å²) in [6.07, 6.45) is 2.41. The lowest BCUT2D eigenvalue weighted by Crippen LogP contribution is -2.63. The molecule has 1 aromatic heterocycles. The Morgan fingerprint density at radius 2 is 2.09 bits per heavy atom. The van der Waals surface area contributed by atoms with Gasteiger partial charge < -0.3 is 15.3 Å². The highest BCUT2D eigenvalue weighted by atomic mass is 32.1. The van der Waals surface area contributed by atoms with Crippen molar-refractivity contribution in [3.8, 4) is 16.3 Å². The number of carbonyl (C=O) groups is 1. The third-order valence-corrected chi connectivity index (χ3v) is 5.63. The lowest BCUT2D eigenvalue weighted by molar-refractivity contribution is -0.00755. The summed E-state index contributed by atoms with van der Waals surface area (Å²) in [7, 11) is 0. The van der Waals surface area contributed by atoms with Crippen LogP contribution in [0.15, 0.2) is 29.6 Å². The molecule has 120 valence electrons. The van der Waals surface area contributed by atoms with Gasteiger partial charge in [-0.25, -0.2) is 4.98 Å². The fourth-order valence-corrected chi connectivity index (χ4v) is 4.28. The Labute approximate surface area is 139 Å². The number of nitrogens with one attached hydrogen (secondary N) is 1. The summed E-state index contributed by atoms with van der Waals surface area (Å²) in [5.74, 6) is 0.260. The van der Waals surface area contributed by atoms with Crippen molar-refractivity contribution in [3.05, 3.63) is 35.3 Å². The second kappa shape index (κ2) is 5.62. The number of hydrogen-bond acceptors (Lipinski definition) is 5. The maximum atomic E-state index is 12.6. The molecule has 1 amide bonds. The van der Waals surface area contributed by atoms with Crippen LogP contribution < -0.4 is 5.32 Å². The highest BCUT2D eigenvalue weighted by molar-refractivity contribution is 7.13. The summed E-state index contributed by atoms with van der Waals surface area (Å²) in [4.78, 5) is 18.9. The van der Waals surface area contributed by atoms with Crippen LogP contribution in [0.4, 0.5) is 0 Å². The average molecular weight is 329 g/mol. The summed E-state index contributed by atoms with van der Waals surface area (Å²) in [6.45, 7) is 3.79. The maximum Gasteiger partial charge on any atom is 0.273 e. The highest BCUT2D eigenvalue weighted by Crippen LogP contribution is 2.37. The molecule has 0 aliphatic carbocycles. The van der Waals surface area contributed by atoms with E-state index in [0.717, 1.165) is 36.8 Å². The Kier molecular flexibility index (Phi) is 3.58. The number of phenols is 1. The van der Waals surface area contributed by atoms with Crippen molar-refractivity contribution in [2.24, 2.45) is 5.41 Å². The van der Waals surface area contributed by atoms with Crippen molar-refractivity contribution in [3.63, 3.8) is 0 Å². The summed E-state index contributed by atoms with van der Waals surface area (Å²) in [5.41, 5.74) is 1.74. The molecule has 0 saturated carbocycles. The molecule has 23 heavy (non-hydrogen) atoms. The Morgan fingerprint density at radius 1 is 1.30 bits per heavy atom. The first kappa shape index (κ1) is 14.7. The summed E-state index contributed by atoms with van der Waals surface area (Å²) >= 11 is 1.46. The molecular weight excluding hydrogens is 310 g/mol.